The Labute approximate surface area is 114 Å². The Kier molecular flexibility index (Phi) is 8.46. The van der Waals surface area contributed by atoms with Gasteiger partial charge in [0.15, 0.2) is 0 Å². The smallest absolute Gasteiger partial charge is 0.309 e. The van der Waals surface area contributed by atoms with Crippen molar-refractivity contribution in [3.63, 3.8) is 0 Å². The summed E-state index contributed by atoms with van der Waals surface area (Å²) in [5.74, 6) is -0.852. The summed E-state index contributed by atoms with van der Waals surface area (Å²) in [6, 6.07) is 10.1. The van der Waals surface area contributed by atoms with E-state index in [4.69, 9.17) is 9.84 Å². The van der Waals surface area contributed by atoms with Crippen LogP contribution in [0.1, 0.15) is 32.3 Å². The highest BCUT2D eigenvalue weighted by atomic mass is 16.5. The van der Waals surface area contributed by atoms with Crippen LogP contribution < -0.4 is 0 Å². The molecule has 4 nitrogen and oxygen atoms in total. The molecule has 0 saturated carbocycles. The maximum Gasteiger partial charge on any atom is 0.309 e. The number of hydrogen-bond acceptors (Lipinski definition) is 3. The summed E-state index contributed by atoms with van der Waals surface area (Å²) in [4.78, 5) is 20.3. The van der Waals surface area contributed by atoms with E-state index in [0.717, 1.165) is 6.29 Å². The minimum absolute atomic E-state index is 0.319. The van der Waals surface area contributed by atoms with Gasteiger partial charge in [0.1, 0.15) is 6.29 Å². The minimum atomic E-state index is -0.852. The van der Waals surface area contributed by atoms with Gasteiger partial charge >= 0.3 is 5.97 Å². The highest BCUT2D eigenvalue weighted by molar-refractivity contribution is 5.73. The molecule has 0 aliphatic rings. The molecule has 0 bridgehead atoms. The van der Waals surface area contributed by atoms with Crippen molar-refractivity contribution in [3.8, 4) is 0 Å². The number of benzene rings is 1. The van der Waals surface area contributed by atoms with E-state index in [2.05, 4.69) is 0 Å². The van der Waals surface area contributed by atoms with Crippen molar-refractivity contribution < 1.29 is 19.4 Å². The summed E-state index contributed by atoms with van der Waals surface area (Å²) in [6.45, 7) is 3.93. The van der Waals surface area contributed by atoms with Crippen LogP contribution in [-0.4, -0.2) is 24.5 Å². The van der Waals surface area contributed by atoms with E-state index in [1.54, 1.807) is 21.0 Å². The SMILES string of the molecule is CC(C)(CCC=O)C(=O)O.COCc1ccccc1. The number of aldehydes is 1. The molecule has 0 amide bonds. The Bertz CT molecular complexity index is 371. The normalized spacial score (nSPS) is 10.3. The van der Waals surface area contributed by atoms with Gasteiger partial charge in [0, 0.05) is 13.5 Å². The number of methoxy groups -OCH3 is 1. The first-order valence-corrected chi connectivity index (χ1v) is 6.14. The van der Waals surface area contributed by atoms with Crippen molar-refractivity contribution in [1.29, 1.82) is 0 Å². The van der Waals surface area contributed by atoms with E-state index in [-0.39, 0.29) is 0 Å². The topological polar surface area (TPSA) is 63.6 Å². The molecule has 1 N–H and O–H groups in total. The summed E-state index contributed by atoms with van der Waals surface area (Å²) in [7, 11) is 1.70. The van der Waals surface area contributed by atoms with Gasteiger partial charge in [-0.05, 0) is 25.8 Å². The van der Waals surface area contributed by atoms with Gasteiger partial charge in [0.05, 0.1) is 12.0 Å². The van der Waals surface area contributed by atoms with Crippen LogP contribution >= 0.6 is 0 Å². The van der Waals surface area contributed by atoms with Gasteiger partial charge in [-0.25, -0.2) is 0 Å². The first kappa shape index (κ1) is 17.3. The zero-order valence-corrected chi connectivity index (χ0v) is 11.8. The Morgan fingerprint density at radius 2 is 1.89 bits per heavy atom. The molecule has 19 heavy (non-hydrogen) atoms. The second-order valence-electron chi connectivity index (χ2n) is 4.81. The monoisotopic (exact) mass is 266 g/mol. The summed E-state index contributed by atoms with van der Waals surface area (Å²) in [6.07, 6.45) is 1.47. The third-order valence-corrected chi connectivity index (χ3v) is 2.62. The summed E-state index contributed by atoms with van der Waals surface area (Å²) >= 11 is 0. The van der Waals surface area contributed by atoms with Crippen LogP contribution in [0.3, 0.4) is 0 Å². The Hall–Kier alpha value is -1.68. The fourth-order valence-corrected chi connectivity index (χ4v) is 1.27. The van der Waals surface area contributed by atoms with Crippen molar-refractivity contribution in [2.75, 3.05) is 7.11 Å². The molecule has 0 spiro atoms. The third kappa shape index (κ3) is 8.11. The van der Waals surface area contributed by atoms with Crippen LogP contribution in [0.25, 0.3) is 0 Å². The lowest BCUT2D eigenvalue weighted by atomic mass is 9.88. The van der Waals surface area contributed by atoms with E-state index in [1.807, 2.05) is 30.3 Å². The Morgan fingerprint density at radius 1 is 1.32 bits per heavy atom. The number of rotatable bonds is 6. The van der Waals surface area contributed by atoms with E-state index < -0.39 is 11.4 Å². The van der Waals surface area contributed by atoms with Crippen LogP contribution in [0.4, 0.5) is 0 Å². The number of hydrogen-bond donors (Lipinski definition) is 1. The molecule has 0 unspecified atom stereocenters. The molecule has 0 fully saturated rings. The second-order valence-corrected chi connectivity index (χ2v) is 4.81. The number of carbonyl (C=O) groups excluding carboxylic acids is 1. The molecule has 0 aliphatic heterocycles. The highest BCUT2D eigenvalue weighted by Crippen LogP contribution is 2.21. The number of ether oxygens (including phenoxy) is 1. The molecule has 1 rings (SSSR count). The maximum atomic E-state index is 10.4. The largest absolute Gasteiger partial charge is 0.481 e. The van der Waals surface area contributed by atoms with Gasteiger partial charge < -0.3 is 14.6 Å². The summed E-state index contributed by atoms with van der Waals surface area (Å²) in [5.41, 5.74) is 0.459. The van der Waals surface area contributed by atoms with E-state index >= 15 is 0 Å². The molecular formula is C15H22O4. The average Bonchev–Trinajstić information content (AvgIpc) is 2.39. The minimum Gasteiger partial charge on any atom is -0.481 e. The van der Waals surface area contributed by atoms with Crippen molar-refractivity contribution in [3.05, 3.63) is 35.9 Å². The number of carboxylic acid groups (broad SMARTS) is 1. The van der Waals surface area contributed by atoms with Crippen LogP contribution in [0.2, 0.25) is 0 Å². The fraction of sp³-hybridized carbons (Fsp3) is 0.467. The standard InChI is InChI=1S/C8H10O.C7H12O3/c1-9-7-8-5-3-2-4-6-8;1-7(2,6(9)10)4-3-5-8/h2-6H,7H2,1H3;5H,3-4H2,1-2H3,(H,9,10). The second kappa shape index (κ2) is 9.28. The Morgan fingerprint density at radius 3 is 2.32 bits per heavy atom. The van der Waals surface area contributed by atoms with Crippen LogP contribution in [-0.2, 0) is 20.9 Å². The molecule has 0 atom stereocenters. The van der Waals surface area contributed by atoms with Gasteiger partial charge in [-0.3, -0.25) is 4.79 Å². The summed E-state index contributed by atoms with van der Waals surface area (Å²) < 4.78 is 4.93. The molecule has 0 aromatic heterocycles. The molecule has 0 aliphatic carbocycles. The van der Waals surface area contributed by atoms with Gasteiger partial charge in [0.25, 0.3) is 0 Å². The van der Waals surface area contributed by atoms with Crippen LogP contribution in [0.15, 0.2) is 30.3 Å². The number of carbonyl (C=O) groups is 2. The fourth-order valence-electron chi connectivity index (χ4n) is 1.27. The van der Waals surface area contributed by atoms with Crippen LogP contribution in [0, 0.1) is 5.41 Å². The first-order chi connectivity index (χ1) is 8.94. The predicted molar refractivity (Wildman–Crippen MR) is 73.9 cm³/mol. The molecule has 0 radical (unpaired) electrons. The Balaban J connectivity index is 0.000000342. The van der Waals surface area contributed by atoms with Crippen molar-refractivity contribution in [2.45, 2.75) is 33.3 Å². The molecule has 106 valence electrons. The van der Waals surface area contributed by atoms with Crippen molar-refractivity contribution in [2.24, 2.45) is 5.41 Å². The summed E-state index contributed by atoms with van der Waals surface area (Å²) in [5, 5.41) is 8.55. The number of aliphatic carboxylic acids is 1. The molecule has 0 heterocycles. The van der Waals surface area contributed by atoms with Crippen molar-refractivity contribution in [1.82, 2.24) is 0 Å². The zero-order chi connectivity index (χ0) is 14.7. The molecule has 0 saturated heterocycles. The van der Waals surface area contributed by atoms with E-state index in [0.29, 0.717) is 19.4 Å². The lowest BCUT2D eigenvalue weighted by molar-refractivity contribution is -0.147. The first-order valence-electron chi connectivity index (χ1n) is 6.14. The quantitative estimate of drug-likeness (QED) is 0.804. The maximum absolute atomic E-state index is 10.4. The lowest BCUT2D eigenvalue weighted by Crippen LogP contribution is -2.23. The molecule has 1 aromatic carbocycles. The predicted octanol–water partition coefficient (Wildman–Crippen LogP) is 2.91. The molecule has 4 heteroatoms. The van der Waals surface area contributed by atoms with Gasteiger partial charge in [-0.15, -0.1) is 0 Å². The van der Waals surface area contributed by atoms with Gasteiger partial charge in [-0.1, -0.05) is 30.3 Å². The molecule has 1 aromatic rings. The third-order valence-electron chi connectivity index (χ3n) is 2.62. The van der Waals surface area contributed by atoms with Gasteiger partial charge in [0.2, 0.25) is 0 Å². The number of carboxylic acids is 1. The lowest BCUT2D eigenvalue weighted by Gasteiger charge is -2.16. The van der Waals surface area contributed by atoms with E-state index in [1.165, 1.54) is 5.56 Å². The zero-order valence-electron chi connectivity index (χ0n) is 11.8. The average molecular weight is 266 g/mol. The van der Waals surface area contributed by atoms with Crippen molar-refractivity contribution >= 4 is 12.3 Å². The van der Waals surface area contributed by atoms with E-state index in [9.17, 15) is 9.59 Å². The highest BCUT2D eigenvalue weighted by Gasteiger charge is 2.25. The van der Waals surface area contributed by atoms with Gasteiger partial charge in [-0.2, -0.15) is 0 Å². The molecular weight excluding hydrogens is 244 g/mol. The van der Waals surface area contributed by atoms with Crippen LogP contribution in [0.5, 0.6) is 0 Å².